The quantitative estimate of drug-likeness (QED) is 0.669. The highest BCUT2D eigenvalue weighted by molar-refractivity contribution is 4.88. The molecule has 3 heteroatoms. The molecule has 1 N–H and O–H groups in total. The van der Waals surface area contributed by atoms with Gasteiger partial charge in [0.25, 0.3) is 0 Å². The van der Waals surface area contributed by atoms with E-state index in [-0.39, 0.29) is 0 Å². The molecule has 2 saturated carbocycles. The third-order valence-electron chi connectivity index (χ3n) is 4.48. The minimum atomic E-state index is 0.532. The molecule has 0 aromatic heterocycles. The zero-order valence-corrected chi connectivity index (χ0v) is 11.6. The van der Waals surface area contributed by atoms with E-state index in [1.165, 1.54) is 58.0 Å². The smallest absolute Gasteiger partial charge is 0.0599 e. The molecule has 0 bridgehead atoms. The van der Waals surface area contributed by atoms with Crippen LogP contribution in [0.25, 0.3) is 0 Å². The van der Waals surface area contributed by atoms with Crippen molar-refractivity contribution in [3.05, 3.63) is 0 Å². The van der Waals surface area contributed by atoms with Crippen LogP contribution in [0.5, 0.6) is 0 Å². The third-order valence-corrected chi connectivity index (χ3v) is 4.48. The van der Waals surface area contributed by atoms with Crippen LogP contribution < -0.4 is 5.32 Å². The SMILES string of the molecule is C(COC1CCNCC1)CN(CC1CC1)C1CC1. The molecule has 2 aliphatic carbocycles. The van der Waals surface area contributed by atoms with Crippen molar-refractivity contribution in [3.8, 4) is 0 Å². The van der Waals surface area contributed by atoms with Crippen LogP contribution in [0.3, 0.4) is 0 Å². The first-order chi connectivity index (χ1) is 8.92. The van der Waals surface area contributed by atoms with Crippen molar-refractivity contribution in [3.63, 3.8) is 0 Å². The standard InChI is InChI=1S/C15H28N2O/c1(11-18-15-6-8-16-9-7-15)10-17(14-4-5-14)12-13-2-3-13/h13-16H,1-12H2. The Hall–Kier alpha value is -0.120. The number of hydrogen-bond acceptors (Lipinski definition) is 3. The fourth-order valence-electron chi connectivity index (χ4n) is 2.97. The largest absolute Gasteiger partial charge is 0.378 e. The number of ether oxygens (including phenoxy) is 1. The topological polar surface area (TPSA) is 24.5 Å². The number of piperidine rings is 1. The fraction of sp³-hybridized carbons (Fsp3) is 1.00. The van der Waals surface area contributed by atoms with E-state index in [1.807, 2.05) is 0 Å². The highest BCUT2D eigenvalue weighted by Crippen LogP contribution is 2.34. The van der Waals surface area contributed by atoms with E-state index in [2.05, 4.69) is 10.2 Å². The molecule has 0 aromatic carbocycles. The molecular formula is C15H28N2O. The first-order valence-electron chi connectivity index (χ1n) is 7.98. The second-order valence-electron chi connectivity index (χ2n) is 6.34. The third kappa shape index (κ3) is 4.22. The number of nitrogens with one attached hydrogen (secondary N) is 1. The molecular weight excluding hydrogens is 224 g/mol. The minimum Gasteiger partial charge on any atom is -0.378 e. The molecule has 0 unspecified atom stereocenters. The van der Waals surface area contributed by atoms with Gasteiger partial charge >= 0.3 is 0 Å². The van der Waals surface area contributed by atoms with E-state index < -0.39 is 0 Å². The maximum absolute atomic E-state index is 5.99. The second kappa shape index (κ2) is 6.36. The monoisotopic (exact) mass is 252 g/mol. The molecule has 18 heavy (non-hydrogen) atoms. The Bertz CT molecular complexity index is 245. The molecule has 3 fully saturated rings. The van der Waals surface area contributed by atoms with Crippen molar-refractivity contribution in [2.45, 2.75) is 57.1 Å². The molecule has 0 radical (unpaired) electrons. The van der Waals surface area contributed by atoms with Gasteiger partial charge in [-0.3, -0.25) is 0 Å². The molecule has 0 spiro atoms. The predicted molar refractivity (Wildman–Crippen MR) is 73.8 cm³/mol. The van der Waals surface area contributed by atoms with E-state index in [4.69, 9.17) is 4.74 Å². The van der Waals surface area contributed by atoms with Gasteiger partial charge < -0.3 is 15.0 Å². The van der Waals surface area contributed by atoms with Crippen LogP contribution >= 0.6 is 0 Å². The molecule has 104 valence electrons. The average Bonchev–Trinajstić information content (AvgIpc) is 3.28. The molecule has 0 amide bonds. The van der Waals surface area contributed by atoms with Gasteiger partial charge in [-0.1, -0.05) is 0 Å². The zero-order chi connectivity index (χ0) is 12.2. The Labute approximate surface area is 111 Å². The summed E-state index contributed by atoms with van der Waals surface area (Å²) < 4.78 is 5.99. The highest BCUT2D eigenvalue weighted by atomic mass is 16.5. The molecule has 0 atom stereocenters. The van der Waals surface area contributed by atoms with E-state index in [1.54, 1.807) is 0 Å². The minimum absolute atomic E-state index is 0.532. The molecule has 3 nitrogen and oxygen atoms in total. The normalized spacial score (nSPS) is 25.8. The van der Waals surface area contributed by atoms with Crippen molar-refractivity contribution in [2.24, 2.45) is 5.92 Å². The van der Waals surface area contributed by atoms with Gasteiger partial charge in [0.05, 0.1) is 6.10 Å². The Morgan fingerprint density at radius 3 is 2.44 bits per heavy atom. The summed E-state index contributed by atoms with van der Waals surface area (Å²) in [5.74, 6) is 1.04. The van der Waals surface area contributed by atoms with Gasteiger partial charge in [-0.05, 0) is 64.0 Å². The molecule has 1 saturated heterocycles. The van der Waals surface area contributed by atoms with Crippen LogP contribution in [0, 0.1) is 5.92 Å². The van der Waals surface area contributed by atoms with Crippen LogP contribution in [-0.4, -0.2) is 49.8 Å². The lowest BCUT2D eigenvalue weighted by molar-refractivity contribution is 0.0272. The summed E-state index contributed by atoms with van der Waals surface area (Å²) >= 11 is 0. The summed E-state index contributed by atoms with van der Waals surface area (Å²) in [4.78, 5) is 2.74. The van der Waals surface area contributed by atoms with Crippen LogP contribution in [0.4, 0.5) is 0 Å². The van der Waals surface area contributed by atoms with Crippen molar-refractivity contribution in [1.29, 1.82) is 0 Å². The van der Waals surface area contributed by atoms with E-state index in [0.29, 0.717) is 6.10 Å². The first kappa shape index (κ1) is 12.9. The summed E-state index contributed by atoms with van der Waals surface area (Å²) in [6.45, 7) is 5.89. The van der Waals surface area contributed by atoms with Crippen LogP contribution in [0.2, 0.25) is 0 Å². The maximum Gasteiger partial charge on any atom is 0.0599 e. The summed E-state index contributed by atoms with van der Waals surface area (Å²) in [5.41, 5.74) is 0. The van der Waals surface area contributed by atoms with Gasteiger partial charge in [0.1, 0.15) is 0 Å². The fourth-order valence-corrected chi connectivity index (χ4v) is 2.97. The number of hydrogen-bond donors (Lipinski definition) is 1. The first-order valence-corrected chi connectivity index (χ1v) is 7.98. The summed E-state index contributed by atoms with van der Waals surface area (Å²) in [7, 11) is 0. The molecule has 3 rings (SSSR count). The van der Waals surface area contributed by atoms with E-state index >= 15 is 0 Å². The van der Waals surface area contributed by atoms with Crippen LogP contribution in [-0.2, 0) is 4.74 Å². The van der Waals surface area contributed by atoms with Crippen LogP contribution in [0.1, 0.15) is 44.9 Å². The van der Waals surface area contributed by atoms with Gasteiger partial charge in [-0.2, -0.15) is 0 Å². The van der Waals surface area contributed by atoms with Gasteiger partial charge in [-0.25, -0.2) is 0 Å². The number of nitrogens with zero attached hydrogens (tertiary/aromatic N) is 1. The van der Waals surface area contributed by atoms with Crippen molar-refractivity contribution < 1.29 is 4.74 Å². The van der Waals surface area contributed by atoms with Gasteiger partial charge in [0.15, 0.2) is 0 Å². The predicted octanol–water partition coefficient (Wildman–Crippen LogP) is 2.02. The van der Waals surface area contributed by atoms with Gasteiger partial charge in [0.2, 0.25) is 0 Å². The summed E-state index contributed by atoms with van der Waals surface area (Å²) in [6.07, 6.45) is 10.0. The van der Waals surface area contributed by atoms with Gasteiger partial charge in [-0.15, -0.1) is 0 Å². The van der Waals surface area contributed by atoms with Crippen molar-refractivity contribution >= 4 is 0 Å². The summed E-state index contributed by atoms with van der Waals surface area (Å²) in [5, 5.41) is 3.39. The van der Waals surface area contributed by atoms with E-state index in [9.17, 15) is 0 Å². The Kier molecular flexibility index (Phi) is 4.55. The maximum atomic E-state index is 5.99. The molecule has 1 aliphatic heterocycles. The van der Waals surface area contributed by atoms with Crippen molar-refractivity contribution in [1.82, 2.24) is 10.2 Å². The Balaban J connectivity index is 1.27. The van der Waals surface area contributed by atoms with Crippen molar-refractivity contribution in [2.75, 3.05) is 32.8 Å². The lowest BCUT2D eigenvalue weighted by Crippen LogP contribution is -2.33. The number of rotatable bonds is 8. The zero-order valence-electron chi connectivity index (χ0n) is 11.6. The Morgan fingerprint density at radius 1 is 1.00 bits per heavy atom. The second-order valence-corrected chi connectivity index (χ2v) is 6.34. The average molecular weight is 252 g/mol. The van der Waals surface area contributed by atoms with Gasteiger partial charge in [0, 0.05) is 25.7 Å². The molecule has 0 aromatic rings. The highest BCUT2D eigenvalue weighted by Gasteiger charge is 2.33. The summed E-state index contributed by atoms with van der Waals surface area (Å²) in [6, 6.07) is 0.935. The lowest BCUT2D eigenvalue weighted by Gasteiger charge is -2.25. The van der Waals surface area contributed by atoms with E-state index in [0.717, 1.165) is 31.7 Å². The lowest BCUT2D eigenvalue weighted by atomic mass is 10.1. The molecule has 1 heterocycles. The Morgan fingerprint density at radius 2 is 1.78 bits per heavy atom. The molecule has 3 aliphatic rings. The van der Waals surface area contributed by atoms with Crippen LogP contribution in [0.15, 0.2) is 0 Å².